The standard InChI is InChI=1S/C10H13N7S.ClH/c1-2-12-7-13-8(1)14-9-10(16-18-15-9)17-5-3-11-4-6-17;/h1-2,7,11H,3-6H2,(H,12,13,14,15);1H. The molecule has 2 N–H and O–H groups in total. The number of hydrogen-bond donors (Lipinski definition) is 2. The largest absolute Gasteiger partial charge is 0.350 e. The second-order valence-corrected chi connectivity index (χ2v) is 4.42. The van der Waals surface area contributed by atoms with Gasteiger partial charge in [-0.05, 0) is 6.07 Å². The van der Waals surface area contributed by atoms with Crippen LogP contribution in [-0.2, 0) is 0 Å². The monoisotopic (exact) mass is 299 g/mol. The Morgan fingerprint density at radius 1 is 1.26 bits per heavy atom. The first-order valence-electron chi connectivity index (χ1n) is 5.75. The molecule has 102 valence electrons. The summed E-state index contributed by atoms with van der Waals surface area (Å²) >= 11 is 1.21. The highest BCUT2D eigenvalue weighted by atomic mass is 35.5. The van der Waals surface area contributed by atoms with Crippen LogP contribution in [0.2, 0.25) is 0 Å². The number of halogens is 1. The molecule has 3 heterocycles. The van der Waals surface area contributed by atoms with Gasteiger partial charge in [0, 0.05) is 32.4 Å². The third-order valence-corrected chi connectivity index (χ3v) is 3.23. The highest BCUT2D eigenvalue weighted by Gasteiger charge is 2.18. The molecule has 0 unspecified atom stereocenters. The Balaban J connectivity index is 0.00000133. The zero-order valence-electron chi connectivity index (χ0n) is 10.1. The Bertz CT molecular complexity index is 500. The van der Waals surface area contributed by atoms with Gasteiger partial charge >= 0.3 is 0 Å². The van der Waals surface area contributed by atoms with E-state index >= 15 is 0 Å². The minimum atomic E-state index is 0. The Morgan fingerprint density at radius 3 is 2.84 bits per heavy atom. The molecule has 0 saturated carbocycles. The lowest BCUT2D eigenvalue weighted by Crippen LogP contribution is -2.43. The third kappa shape index (κ3) is 3.28. The molecule has 2 aromatic rings. The van der Waals surface area contributed by atoms with Crippen molar-refractivity contribution in [2.24, 2.45) is 0 Å². The van der Waals surface area contributed by atoms with E-state index in [1.165, 1.54) is 18.1 Å². The van der Waals surface area contributed by atoms with Crippen LogP contribution < -0.4 is 15.5 Å². The molecular formula is C10H14ClN7S. The van der Waals surface area contributed by atoms with E-state index in [2.05, 4.69) is 34.2 Å². The van der Waals surface area contributed by atoms with Crippen molar-refractivity contribution in [3.8, 4) is 0 Å². The summed E-state index contributed by atoms with van der Waals surface area (Å²) in [5.74, 6) is 2.40. The van der Waals surface area contributed by atoms with Gasteiger partial charge in [-0.1, -0.05) is 0 Å². The van der Waals surface area contributed by atoms with E-state index in [-0.39, 0.29) is 12.4 Å². The van der Waals surface area contributed by atoms with E-state index in [0.29, 0.717) is 0 Å². The van der Waals surface area contributed by atoms with E-state index in [1.807, 2.05) is 0 Å². The molecule has 0 radical (unpaired) electrons. The summed E-state index contributed by atoms with van der Waals surface area (Å²) in [6, 6.07) is 1.81. The van der Waals surface area contributed by atoms with Crippen LogP contribution in [0.25, 0.3) is 0 Å². The second-order valence-electron chi connectivity index (χ2n) is 3.89. The molecule has 0 bridgehead atoms. The number of rotatable bonds is 3. The van der Waals surface area contributed by atoms with Gasteiger partial charge in [0.05, 0.1) is 11.7 Å². The summed E-state index contributed by atoms with van der Waals surface area (Å²) < 4.78 is 8.64. The van der Waals surface area contributed by atoms with Crippen LogP contribution in [0.3, 0.4) is 0 Å². The molecule has 1 aliphatic heterocycles. The first-order valence-corrected chi connectivity index (χ1v) is 6.48. The summed E-state index contributed by atoms with van der Waals surface area (Å²) in [7, 11) is 0. The fourth-order valence-corrected chi connectivity index (χ4v) is 2.36. The van der Waals surface area contributed by atoms with Gasteiger partial charge in [0.2, 0.25) is 0 Å². The number of hydrogen-bond acceptors (Lipinski definition) is 8. The molecule has 1 aliphatic rings. The Morgan fingerprint density at radius 2 is 2.11 bits per heavy atom. The Kier molecular flexibility index (Phi) is 4.83. The van der Waals surface area contributed by atoms with Crippen LogP contribution >= 0.6 is 24.1 Å². The first-order chi connectivity index (χ1) is 8.93. The number of nitrogens with zero attached hydrogens (tertiary/aromatic N) is 5. The lowest BCUT2D eigenvalue weighted by Gasteiger charge is -2.27. The van der Waals surface area contributed by atoms with Crippen molar-refractivity contribution in [3.63, 3.8) is 0 Å². The average Bonchev–Trinajstić information content (AvgIpc) is 2.89. The normalized spacial score (nSPS) is 14.8. The molecule has 2 aromatic heterocycles. The summed E-state index contributed by atoms with van der Waals surface area (Å²) in [4.78, 5) is 10.2. The number of nitrogens with one attached hydrogen (secondary N) is 2. The van der Waals surface area contributed by atoms with E-state index in [4.69, 9.17) is 0 Å². The van der Waals surface area contributed by atoms with Crippen molar-refractivity contribution in [3.05, 3.63) is 18.6 Å². The van der Waals surface area contributed by atoms with Gasteiger partial charge < -0.3 is 15.5 Å². The van der Waals surface area contributed by atoms with Crippen molar-refractivity contribution >= 4 is 41.6 Å². The summed E-state index contributed by atoms with van der Waals surface area (Å²) in [5, 5.41) is 6.49. The van der Waals surface area contributed by atoms with Gasteiger partial charge in [-0.25, -0.2) is 9.97 Å². The molecular weight excluding hydrogens is 286 g/mol. The van der Waals surface area contributed by atoms with Crippen molar-refractivity contribution in [1.29, 1.82) is 0 Å². The molecule has 7 nitrogen and oxygen atoms in total. The predicted octanol–water partition coefficient (Wildman–Crippen LogP) is 0.903. The second kappa shape index (κ2) is 6.60. The smallest absolute Gasteiger partial charge is 0.190 e. The number of anilines is 3. The molecule has 0 aliphatic carbocycles. The SMILES string of the molecule is Cl.c1cc(Nc2nsnc2N2CCNCC2)ncn1. The van der Waals surface area contributed by atoms with Crippen molar-refractivity contribution in [1.82, 2.24) is 24.0 Å². The van der Waals surface area contributed by atoms with Crippen LogP contribution in [0.15, 0.2) is 18.6 Å². The maximum atomic E-state index is 4.36. The van der Waals surface area contributed by atoms with Gasteiger partial charge in [-0.3, -0.25) is 0 Å². The predicted molar refractivity (Wildman–Crippen MR) is 77.6 cm³/mol. The zero-order valence-corrected chi connectivity index (χ0v) is 11.7. The molecule has 1 fully saturated rings. The molecule has 0 aromatic carbocycles. The van der Waals surface area contributed by atoms with Gasteiger partial charge in [0.25, 0.3) is 0 Å². The lowest BCUT2D eigenvalue weighted by atomic mass is 10.3. The van der Waals surface area contributed by atoms with Crippen LogP contribution in [-0.4, -0.2) is 44.9 Å². The minimum absolute atomic E-state index is 0. The molecule has 0 spiro atoms. The lowest BCUT2D eigenvalue weighted by molar-refractivity contribution is 0.586. The van der Waals surface area contributed by atoms with E-state index < -0.39 is 0 Å². The highest BCUT2D eigenvalue weighted by molar-refractivity contribution is 6.99. The van der Waals surface area contributed by atoms with E-state index in [9.17, 15) is 0 Å². The first kappa shape index (κ1) is 13.9. The van der Waals surface area contributed by atoms with Gasteiger partial charge in [-0.15, -0.1) is 12.4 Å². The number of aromatic nitrogens is 4. The topological polar surface area (TPSA) is 78.9 Å². The van der Waals surface area contributed by atoms with Crippen molar-refractivity contribution < 1.29 is 0 Å². The van der Waals surface area contributed by atoms with E-state index in [1.54, 1.807) is 12.3 Å². The Hall–Kier alpha value is -1.51. The van der Waals surface area contributed by atoms with Crippen LogP contribution in [0.1, 0.15) is 0 Å². The molecule has 3 rings (SSSR count). The highest BCUT2D eigenvalue weighted by Crippen LogP contribution is 2.25. The van der Waals surface area contributed by atoms with Crippen molar-refractivity contribution in [2.45, 2.75) is 0 Å². The zero-order chi connectivity index (χ0) is 12.2. The van der Waals surface area contributed by atoms with Crippen LogP contribution in [0, 0.1) is 0 Å². The maximum absolute atomic E-state index is 4.36. The van der Waals surface area contributed by atoms with Crippen LogP contribution in [0.5, 0.6) is 0 Å². The fourth-order valence-electron chi connectivity index (χ4n) is 1.83. The van der Waals surface area contributed by atoms with Crippen LogP contribution in [0.4, 0.5) is 17.5 Å². The summed E-state index contributed by atoms with van der Waals surface area (Å²) in [6.07, 6.45) is 3.20. The molecule has 0 atom stereocenters. The minimum Gasteiger partial charge on any atom is -0.350 e. The third-order valence-electron chi connectivity index (χ3n) is 2.72. The number of piperazine rings is 1. The van der Waals surface area contributed by atoms with E-state index in [0.717, 1.165) is 43.6 Å². The van der Waals surface area contributed by atoms with Crippen molar-refractivity contribution in [2.75, 3.05) is 36.4 Å². The average molecular weight is 300 g/mol. The summed E-state index contributed by atoms with van der Waals surface area (Å²) in [5.41, 5.74) is 0. The molecule has 1 saturated heterocycles. The molecule has 0 amide bonds. The Labute approximate surface area is 121 Å². The quantitative estimate of drug-likeness (QED) is 0.872. The molecule has 19 heavy (non-hydrogen) atoms. The maximum Gasteiger partial charge on any atom is 0.190 e. The van der Waals surface area contributed by atoms with Gasteiger partial charge in [0.1, 0.15) is 12.1 Å². The summed E-state index contributed by atoms with van der Waals surface area (Å²) in [6.45, 7) is 3.85. The fraction of sp³-hybridized carbons (Fsp3) is 0.400. The molecule has 9 heteroatoms. The van der Waals surface area contributed by atoms with Gasteiger partial charge in [-0.2, -0.15) is 8.75 Å². The van der Waals surface area contributed by atoms with Gasteiger partial charge in [0.15, 0.2) is 11.6 Å².